The van der Waals surface area contributed by atoms with Crippen LogP contribution in [0.1, 0.15) is 27.8 Å². The van der Waals surface area contributed by atoms with Crippen LogP contribution in [0.3, 0.4) is 0 Å². The predicted molar refractivity (Wildman–Crippen MR) is 164 cm³/mol. The molecule has 0 radical (unpaired) electrons. The molecule has 4 heteroatoms. The summed E-state index contributed by atoms with van der Waals surface area (Å²) in [5.74, 6) is 0. The van der Waals surface area contributed by atoms with Crippen LogP contribution in [0.2, 0.25) is 0 Å². The second-order valence-corrected chi connectivity index (χ2v) is 10.4. The SMILES string of the molecule is N#Cc1cncc(N2c3ccccc3C3(c4ccccc4N(c4ccccc4)c4ccccc43)c3ccccc32)c1. The van der Waals surface area contributed by atoms with Crippen LogP contribution in [0.4, 0.5) is 34.1 Å². The van der Waals surface area contributed by atoms with Crippen molar-refractivity contribution in [3.63, 3.8) is 0 Å². The quantitative estimate of drug-likeness (QED) is 0.226. The van der Waals surface area contributed by atoms with E-state index in [1.165, 1.54) is 22.3 Å². The molecular weight excluding hydrogens is 500 g/mol. The molecule has 1 aromatic heterocycles. The van der Waals surface area contributed by atoms with Gasteiger partial charge in [0.1, 0.15) is 6.07 Å². The summed E-state index contributed by atoms with van der Waals surface area (Å²) in [5, 5.41) is 9.67. The Labute approximate surface area is 239 Å². The molecule has 1 spiro atoms. The number of hydrogen-bond acceptors (Lipinski definition) is 4. The van der Waals surface area contributed by atoms with Crippen molar-refractivity contribution in [1.29, 1.82) is 5.26 Å². The molecule has 41 heavy (non-hydrogen) atoms. The first-order valence-corrected chi connectivity index (χ1v) is 13.7. The van der Waals surface area contributed by atoms with E-state index >= 15 is 0 Å². The Hall–Kier alpha value is -5.66. The third-order valence-electron chi connectivity index (χ3n) is 8.32. The zero-order valence-corrected chi connectivity index (χ0v) is 22.1. The van der Waals surface area contributed by atoms with E-state index < -0.39 is 5.41 Å². The van der Waals surface area contributed by atoms with Crippen molar-refractivity contribution < 1.29 is 0 Å². The standard InChI is InChI=1S/C37H24N4/c38-23-26-22-28(25-39-24-26)41-35-20-10-6-16-31(35)37(32-17-7-11-21-36(32)41)29-14-4-8-18-33(29)40(27-12-2-1-3-13-27)34-19-9-5-15-30(34)37/h1-22,24-25H. The van der Waals surface area contributed by atoms with Gasteiger partial charge in [0.05, 0.1) is 45.6 Å². The Balaban J connectivity index is 1.51. The fourth-order valence-electron chi connectivity index (χ4n) is 6.82. The Morgan fingerprint density at radius 1 is 0.488 bits per heavy atom. The number of anilines is 6. The number of aromatic nitrogens is 1. The average Bonchev–Trinajstić information content (AvgIpc) is 3.05. The minimum absolute atomic E-state index is 0.532. The number of rotatable bonds is 2. The smallest absolute Gasteiger partial charge is 0.101 e. The van der Waals surface area contributed by atoms with Gasteiger partial charge in [-0.3, -0.25) is 4.98 Å². The van der Waals surface area contributed by atoms with Gasteiger partial charge in [0.2, 0.25) is 0 Å². The van der Waals surface area contributed by atoms with Crippen molar-refractivity contribution in [2.45, 2.75) is 5.41 Å². The Bertz CT molecular complexity index is 1890. The van der Waals surface area contributed by atoms with Gasteiger partial charge < -0.3 is 9.80 Å². The number of pyridine rings is 1. The zero-order chi connectivity index (χ0) is 27.4. The number of nitrogens with zero attached hydrogens (tertiary/aromatic N) is 4. The second-order valence-electron chi connectivity index (χ2n) is 10.4. The highest BCUT2D eigenvalue weighted by Gasteiger charge is 2.51. The van der Waals surface area contributed by atoms with E-state index in [2.05, 4.69) is 148 Å². The predicted octanol–water partition coefficient (Wildman–Crippen LogP) is 8.90. The molecule has 0 amide bonds. The molecule has 3 heterocycles. The lowest BCUT2D eigenvalue weighted by molar-refractivity contribution is 0.718. The van der Waals surface area contributed by atoms with Crippen molar-refractivity contribution in [3.8, 4) is 6.07 Å². The van der Waals surface area contributed by atoms with Crippen LogP contribution >= 0.6 is 0 Å². The maximum absolute atomic E-state index is 9.67. The fourth-order valence-corrected chi connectivity index (χ4v) is 6.82. The average molecular weight is 525 g/mol. The molecule has 0 saturated carbocycles. The summed E-state index contributed by atoms with van der Waals surface area (Å²) >= 11 is 0. The molecule has 0 bridgehead atoms. The van der Waals surface area contributed by atoms with Crippen molar-refractivity contribution in [1.82, 2.24) is 4.98 Å². The first-order valence-electron chi connectivity index (χ1n) is 13.7. The topological polar surface area (TPSA) is 43.2 Å². The fraction of sp³-hybridized carbons (Fsp3) is 0.0270. The molecule has 0 fully saturated rings. The van der Waals surface area contributed by atoms with E-state index in [-0.39, 0.29) is 0 Å². The highest BCUT2D eigenvalue weighted by atomic mass is 15.2. The van der Waals surface area contributed by atoms with Gasteiger partial charge in [-0.15, -0.1) is 0 Å². The van der Waals surface area contributed by atoms with Crippen LogP contribution in [0.25, 0.3) is 0 Å². The maximum atomic E-state index is 9.67. The van der Waals surface area contributed by atoms with E-state index in [4.69, 9.17) is 0 Å². The summed E-state index contributed by atoms with van der Waals surface area (Å²) in [7, 11) is 0. The van der Waals surface area contributed by atoms with E-state index in [1.54, 1.807) is 6.20 Å². The minimum Gasteiger partial charge on any atom is -0.310 e. The molecule has 192 valence electrons. The molecule has 0 saturated heterocycles. The second kappa shape index (κ2) is 8.94. The molecule has 0 aliphatic carbocycles. The van der Waals surface area contributed by atoms with E-state index in [0.717, 1.165) is 34.1 Å². The van der Waals surface area contributed by atoms with Crippen LogP contribution < -0.4 is 9.80 Å². The summed E-state index contributed by atoms with van der Waals surface area (Å²) in [6.45, 7) is 0. The van der Waals surface area contributed by atoms with Gasteiger partial charge in [-0.1, -0.05) is 91.0 Å². The minimum atomic E-state index is -0.567. The molecule has 4 nitrogen and oxygen atoms in total. The van der Waals surface area contributed by atoms with Gasteiger partial charge in [0.15, 0.2) is 0 Å². The van der Waals surface area contributed by atoms with Crippen LogP contribution in [0.15, 0.2) is 146 Å². The van der Waals surface area contributed by atoms with E-state index in [0.29, 0.717) is 5.56 Å². The maximum Gasteiger partial charge on any atom is 0.101 e. The molecule has 0 atom stereocenters. The third-order valence-corrected chi connectivity index (χ3v) is 8.32. The summed E-state index contributed by atoms with van der Waals surface area (Å²) in [6, 6.07) is 49.7. The van der Waals surface area contributed by atoms with Crippen LogP contribution in [-0.2, 0) is 5.41 Å². The summed E-state index contributed by atoms with van der Waals surface area (Å²) in [5.41, 5.74) is 11.2. The number of para-hydroxylation sites is 5. The first kappa shape index (κ1) is 23.2. The van der Waals surface area contributed by atoms with Crippen molar-refractivity contribution in [2.24, 2.45) is 0 Å². The molecular formula is C37H24N4. The van der Waals surface area contributed by atoms with Gasteiger partial charge >= 0.3 is 0 Å². The van der Waals surface area contributed by atoms with Crippen LogP contribution in [0.5, 0.6) is 0 Å². The van der Waals surface area contributed by atoms with Crippen LogP contribution in [0, 0.1) is 11.3 Å². The van der Waals surface area contributed by atoms with Gasteiger partial charge in [-0.2, -0.15) is 5.26 Å². The van der Waals surface area contributed by atoms with Crippen molar-refractivity contribution in [2.75, 3.05) is 9.80 Å². The third kappa shape index (κ3) is 3.18. The highest BCUT2D eigenvalue weighted by Crippen LogP contribution is 2.63. The number of fused-ring (bicyclic) bond motifs is 8. The van der Waals surface area contributed by atoms with E-state index in [9.17, 15) is 5.26 Å². The molecule has 8 rings (SSSR count). The largest absolute Gasteiger partial charge is 0.310 e. The summed E-state index contributed by atoms with van der Waals surface area (Å²) in [4.78, 5) is 9.06. The first-order chi connectivity index (χ1) is 20.3. The molecule has 2 aliphatic rings. The van der Waals surface area contributed by atoms with Gasteiger partial charge in [0, 0.05) is 11.9 Å². The Morgan fingerprint density at radius 3 is 1.37 bits per heavy atom. The molecule has 6 aromatic rings. The van der Waals surface area contributed by atoms with Gasteiger partial charge in [-0.25, -0.2) is 0 Å². The zero-order valence-electron chi connectivity index (χ0n) is 22.1. The Morgan fingerprint density at radius 2 is 0.902 bits per heavy atom. The van der Waals surface area contributed by atoms with Gasteiger partial charge in [-0.05, 0) is 64.7 Å². The molecule has 2 aliphatic heterocycles. The Kier molecular flexibility index (Phi) is 5.07. The lowest BCUT2D eigenvalue weighted by atomic mass is 9.60. The van der Waals surface area contributed by atoms with E-state index in [1.807, 2.05) is 12.3 Å². The van der Waals surface area contributed by atoms with Gasteiger partial charge in [0.25, 0.3) is 0 Å². The lowest BCUT2D eigenvalue weighted by Crippen LogP contribution is -2.41. The number of hydrogen-bond donors (Lipinski definition) is 0. The molecule has 0 N–H and O–H groups in total. The van der Waals surface area contributed by atoms with Crippen molar-refractivity contribution >= 4 is 34.1 Å². The monoisotopic (exact) mass is 524 g/mol. The lowest BCUT2D eigenvalue weighted by Gasteiger charge is -2.51. The normalized spacial score (nSPS) is 13.9. The highest BCUT2D eigenvalue weighted by molar-refractivity contribution is 5.96. The number of nitriles is 1. The van der Waals surface area contributed by atoms with Crippen LogP contribution in [-0.4, -0.2) is 4.98 Å². The summed E-state index contributed by atoms with van der Waals surface area (Å²) in [6.07, 6.45) is 3.45. The molecule has 5 aromatic carbocycles. The summed E-state index contributed by atoms with van der Waals surface area (Å²) < 4.78 is 0. The molecule has 0 unspecified atom stereocenters. The number of benzene rings is 5. The van der Waals surface area contributed by atoms with Crippen molar-refractivity contribution in [3.05, 3.63) is 174 Å².